The molecule has 0 radical (unpaired) electrons. The van der Waals surface area contributed by atoms with Crippen molar-refractivity contribution in [2.24, 2.45) is 5.92 Å². The highest BCUT2D eigenvalue weighted by Gasteiger charge is 2.50. The normalized spacial score (nSPS) is 20.7. The molecular formula is C14H24N2O3S3. The first-order valence-electron chi connectivity index (χ1n) is 7.29. The molecule has 1 unspecified atom stereocenters. The van der Waals surface area contributed by atoms with E-state index in [2.05, 4.69) is 10.2 Å². The number of hydrogen-bond acceptors (Lipinski definition) is 6. The summed E-state index contributed by atoms with van der Waals surface area (Å²) in [5.41, 5.74) is 0. The van der Waals surface area contributed by atoms with Crippen LogP contribution in [0.25, 0.3) is 0 Å². The molecule has 1 aliphatic heterocycles. The van der Waals surface area contributed by atoms with E-state index < -0.39 is 0 Å². The zero-order chi connectivity index (χ0) is 16.8. The molecule has 126 valence electrons. The molecule has 0 spiro atoms. The number of carbonyl (C=O) groups is 2. The van der Waals surface area contributed by atoms with Crippen LogP contribution in [-0.4, -0.2) is 51.8 Å². The van der Waals surface area contributed by atoms with Gasteiger partial charge in [0.25, 0.3) is 0 Å². The molecule has 1 heterocycles. The van der Waals surface area contributed by atoms with Crippen LogP contribution < -0.4 is 5.32 Å². The van der Waals surface area contributed by atoms with Crippen molar-refractivity contribution in [3.63, 3.8) is 0 Å². The van der Waals surface area contributed by atoms with Gasteiger partial charge >= 0.3 is 5.97 Å². The van der Waals surface area contributed by atoms with Gasteiger partial charge in [0.1, 0.15) is 4.20 Å². The number of thiocarbonyl (C=S) groups is 1. The summed E-state index contributed by atoms with van der Waals surface area (Å²) < 4.78 is 4.59. The minimum Gasteiger partial charge on any atom is -0.466 e. The molecule has 1 amide bonds. The summed E-state index contributed by atoms with van der Waals surface area (Å²) in [5, 5.41) is 3.31. The van der Waals surface area contributed by atoms with Gasteiger partial charge in [0.15, 0.2) is 5.11 Å². The molecule has 1 atom stereocenters. The van der Waals surface area contributed by atoms with Crippen LogP contribution in [-0.2, 0) is 14.3 Å². The van der Waals surface area contributed by atoms with Gasteiger partial charge < -0.3 is 15.0 Å². The summed E-state index contributed by atoms with van der Waals surface area (Å²) in [5.74, 6) is -0.362. The maximum atomic E-state index is 12.3. The molecule has 1 aliphatic rings. The van der Waals surface area contributed by atoms with Crippen molar-refractivity contribution in [2.45, 2.75) is 37.3 Å². The lowest BCUT2D eigenvalue weighted by molar-refractivity contribution is -0.141. The number of amides is 1. The Hall–Kier alpha value is -0.470. The van der Waals surface area contributed by atoms with Crippen molar-refractivity contribution in [1.29, 1.82) is 0 Å². The van der Waals surface area contributed by atoms with E-state index in [9.17, 15) is 9.59 Å². The fourth-order valence-corrected chi connectivity index (χ4v) is 5.67. The molecule has 0 aromatic carbocycles. The summed E-state index contributed by atoms with van der Waals surface area (Å²) >= 11 is 8.72. The molecule has 5 nitrogen and oxygen atoms in total. The van der Waals surface area contributed by atoms with E-state index in [1.807, 2.05) is 19.4 Å². The summed E-state index contributed by atoms with van der Waals surface area (Å²) in [6, 6.07) is 0. The highest BCUT2D eigenvalue weighted by atomic mass is 32.2. The zero-order valence-electron chi connectivity index (χ0n) is 13.5. The largest absolute Gasteiger partial charge is 0.466 e. The molecule has 0 bridgehead atoms. The highest BCUT2D eigenvalue weighted by Crippen LogP contribution is 2.47. The molecule has 0 aromatic heterocycles. The summed E-state index contributed by atoms with van der Waals surface area (Å²) in [7, 11) is 0. The fraction of sp³-hybridized carbons (Fsp3) is 0.786. The monoisotopic (exact) mass is 364 g/mol. The molecule has 1 fully saturated rings. The lowest BCUT2D eigenvalue weighted by Crippen LogP contribution is -2.64. The lowest BCUT2D eigenvalue weighted by Gasteiger charge is -2.50. The summed E-state index contributed by atoms with van der Waals surface area (Å²) in [4.78, 5) is 25.1. The van der Waals surface area contributed by atoms with Crippen LogP contribution in [0.1, 0.15) is 33.1 Å². The van der Waals surface area contributed by atoms with E-state index in [0.717, 1.165) is 25.8 Å². The van der Waals surface area contributed by atoms with Crippen molar-refractivity contribution in [3.05, 3.63) is 0 Å². The lowest BCUT2D eigenvalue weighted by atomic mass is 10.0. The number of rotatable bonds is 8. The molecule has 1 saturated heterocycles. The maximum Gasteiger partial charge on any atom is 0.302 e. The second-order valence-electron chi connectivity index (χ2n) is 4.99. The minimum atomic E-state index is -0.365. The number of thioether (sulfide) groups is 2. The number of carbonyl (C=O) groups excluding carboxylic acids is 2. The molecule has 1 rings (SSSR count). The Morgan fingerprint density at radius 1 is 1.41 bits per heavy atom. The number of hydrogen-bond donors (Lipinski definition) is 1. The topological polar surface area (TPSA) is 58.6 Å². The Morgan fingerprint density at radius 3 is 2.55 bits per heavy atom. The van der Waals surface area contributed by atoms with E-state index in [1.54, 1.807) is 23.5 Å². The van der Waals surface area contributed by atoms with E-state index >= 15 is 0 Å². The third-order valence-corrected chi connectivity index (χ3v) is 7.19. The maximum absolute atomic E-state index is 12.3. The SMILES string of the molecule is CCC1C(=O)NC(=S)N(CCCCOC(C)=O)C1(SC)SC. The van der Waals surface area contributed by atoms with Gasteiger partial charge in [-0.15, -0.1) is 23.5 Å². The Kier molecular flexibility index (Phi) is 7.99. The molecular weight excluding hydrogens is 340 g/mol. The van der Waals surface area contributed by atoms with Crippen LogP contribution in [0.5, 0.6) is 0 Å². The number of nitrogens with zero attached hydrogens (tertiary/aromatic N) is 1. The average Bonchev–Trinajstić information content (AvgIpc) is 2.47. The first-order chi connectivity index (χ1) is 10.4. The first-order valence-corrected chi connectivity index (χ1v) is 10.1. The van der Waals surface area contributed by atoms with Gasteiger partial charge in [0.2, 0.25) is 5.91 Å². The number of unbranched alkanes of at least 4 members (excludes halogenated alkanes) is 1. The zero-order valence-corrected chi connectivity index (χ0v) is 16.0. The van der Waals surface area contributed by atoms with Crippen LogP contribution in [0.3, 0.4) is 0 Å². The van der Waals surface area contributed by atoms with Gasteiger partial charge in [-0.05, 0) is 44.0 Å². The Bertz CT molecular complexity index is 428. The molecule has 0 aliphatic carbocycles. The second kappa shape index (κ2) is 8.98. The van der Waals surface area contributed by atoms with E-state index in [0.29, 0.717) is 11.7 Å². The van der Waals surface area contributed by atoms with Gasteiger partial charge in [-0.3, -0.25) is 9.59 Å². The van der Waals surface area contributed by atoms with Crippen molar-refractivity contribution in [1.82, 2.24) is 10.2 Å². The molecule has 8 heteroatoms. The third kappa shape index (κ3) is 4.29. The van der Waals surface area contributed by atoms with Crippen LogP contribution in [0, 0.1) is 5.92 Å². The van der Waals surface area contributed by atoms with Crippen LogP contribution in [0.2, 0.25) is 0 Å². The van der Waals surface area contributed by atoms with E-state index in [-0.39, 0.29) is 22.0 Å². The fourth-order valence-electron chi connectivity index (χ4n) is 2.63. The van der Waals surface area contributed by atoms with Crippen LogP contribution >= 0.6 is 35.7 Å². The quantitative estimate of drug-likeness (QED) is 0.307. The van der Waals surface area contributed by atoms with Crippen molar-refractivity contribution in [3.8, 4) is 0 Å². The van der Waals surface area contributed by atoms with Gasteiger partial charge in [-0.25, -0.2) is 0 Å². The molecule has 1 N–H and O–H groups in total. The smallest absolute Gasteiger partial charge is 0.302 e. The van der Waals surface area contributed by atoms with Gasteiger partial charge in [-0.2, -0.15) is 0 Å². The highest BCUT2D eigenvalue weighted by molar-refractivity contribution is 8.17. The average molecular weight is 365 g/mol. The minimum absolute atomic E-state index is 0.00682. The van der Waals surface area contributed by atoms with Crippen molar-refractivity contribution >= 4 is 52.7 Å². The van der Waals surface area contributed by atoms with Gasteiger partial charge in [0.05, 0.1) is 12.5 Å². The predicted octanol–water partition coefficient (Wildman–Crippen LogP) is 2.45. The van der Waals surface area contributed by atoms with Crippen molar-refractivity contribution < 1.29 is 14.3 Å². The predicted molar refractivity (Wildman–Crippen MR) is 96.9 cm³/mol. The Balaban J connectivity index is 2.77. The molecule has 0 aromatic rings. The molecule has 22 heavy (non-hydrogen) atoms. The van der Waals surface area contributed by atoms with E-state index in [4.69, 9.17) is 17.0 Å². The van der Waals surface area contributed by atoms with Crippen LogP contribution in [0.15, 0.2) is 0 Å². The summed E-state index contributed by atoms with van der Waals surface area (Å²) in [6.45, 7) is 4.59. The van der Waals surface area contributed by atoms with Gasteiger partial charge in [0, 0.05) is 13.5 Å². The molecule has 0 saturated carbocycles. The number of nitrogens with one attached hydrogen (secondary N) is 1. The Morgan fingerprint density at radius 2 is 2.05 bits per heavy atom. The second-order valence-corrected chi connectivity index (χ2v) is 7.70. The van der Waals surface area contributed by atoms with Gasteiger partial charge in [-0.1, -0.05) is 6.92 Å². The summed E-state index contributed by atoms with van der Waals surface area (Å²) in [6.07, 6.45) is 6.43. The standard InChI is InChI=1S/C14H24N2O3S3/c1-5-11-12(18)15-13(20)16(14(11,21-3)22-4)8-6-7-9-19-10(2)17/h11H,5-9H2,1-4H3,(H,15,18,20). The number of ether oxygens (including phenoxy) is 1. The van der Waals surface area contributed by atoms with Crippen molar-refractivity contribution in [2.75, 3.05) is 25.7 Å². The van der Waals surface area contributed by atoms with E-state index in [1.165, 1.54) is 6.92 Å². The third-order valence-electron chi connectivity index (χ3n) is 3.68. The first kappa shape index (κ1) is 19.6. The van der Waals surface area contributed by atoms with Crippen LogP contribution in [0.4, 0.5) is 0 Å². The Labute approximate surface area is 146 Å². The number of esters is 1.